The van der Waals surface area contributed by atoms with Gasteiger partial charge in [-0.05, 0) is 45.1 Å². The second-order valence-electron chi connectivity index (χ2n) is 7.58. The van der Waals surface area contributed by atoms with Crippen molar-refractivity contribution in [3.8, 4) is 6.07 Å². The number of likely N-dealkylation sites (tertiary alicyclic amines) is 1. The number of fused-ring (bicyclic) bond motifs is 1. The lowest BCUT2D eigenvalue weighted by atomic mass is 9.85. The van der Waals surface area contributed by atoms with E-state index in [1.54, 1.807) is 6.92 Å². The summed E-state index contributed by atoms with van der Waals surface area (Å²) >= 11 is 0. The van der Waals surface area contributed by atoms with Gasteiger partial charge in [0.05, 0.1) is 12.6 Å². The zero-order chi connectivity index (χ0) is 15.8. The number of nitriles is 1. The van der Waals surface area contributed by atoms with Gasteiger partial charge in [0.2, 0.25) is 5.91 Å². The van der Waals surface area contributed by atoms with E-state index in [9.17, 15) is 10.1 Å². The van der Waals surface area contributed by atoms with Crippen molar-refractivity contribution in [3.05, 3.63) is 0 Å². The van der Waals surface area contributed by atoms with E-state index in [0.29, 0.717) is 18.4 Å². The standard InChI is InChI=1S/C16H28N4O/c1-11(2)16(5,10-17)19-14(21)9-20-8-12-6-18-7-13(12)15(20,3)4/h11-13,18H,6-9H2,1-5H3,(H,19,21). The topological polar surface area (TPSA) is 68.2 Å². The van der Waals surface area contributed by atoms with Crippen LogP contribution in [0, 0.1) is 29.1 Å². The molecule has 0 aliphatic carbocycles. The third-order valence-corrected chi connectivity index (χ3v) is 5.64. The van der Waals surface area contributed by atoms with Gasteiger partial charge in [-0.2, -0.15) is 5.26 Å². The molecule has 0 saturated carbocycles. The number of carbonyl (C=O) groups excluding carboxylic acids is 1. The average Bonchev–Trinajstić information content (AvgIpc) is 2.93. The van der Waals surface area contributed by atoms with Gasteiger partial charge in [-0.25, -0.2) is 0 Å². The lowest BCUT2D eigenvalue weighted by Gasteiger charge is -2.36. The number of rotatable bonds is 4. The molecule has 0 aromatic rings. The van der Waals surface area contributed by atoms with Crippen LogP contribution >= 0.6 is 0 Å². The van der Waals surface area contributed by atoms with Gasteiger partial charge in [0.25, 0.3) is 0 Å². The lowest BCUT2D eigenvalue weighted by Crippen LogP contribution is -2.54. The second-order valence-corrected chi connectivity index (χ2v) is 7.58. The molecule has 5 nitrogen and oxygen atoms in total. The van der Waals surface area contributed by atoms with Crippen molar-refractivity contribution in [2.75, 3.05) is 26.2 Å². The molecule has 3 atom stereocenters. The highest BCUT2D eigenvalue weighted by atomic mass is 16.2. The molecule has 118 valence electrons. The average molecular weight is 292 g/mol. The minimum absolute atomic E-state index is 0.0341. The molecule has 0 aromatic carbocycles. The summed E-state index contributed by atoms with van der Waals surface area (Å²) < 4.78 is 0. The zero-order valence-electron chi connectivity index (χ0n) is 13.9. The van der Waals surface area contributed by atoms with Crippen LogP contribution in [0.15, 0.2) is 0 Å². The predicted molar refractivity (Wildman–Crippen MR) is 82.5 cm³/mol. The number of amides is 1. The fourth-order valence-corrected chi connectivity index (χ4v) is 3.58. The van der Waals surface area contributed by atoms with E-state index in [0.717, 1.165) is 19.6 Å². The first-order valence-corrected chi connectivity index (χ1v) is 7.88. The number of hydrogen-bond donors (Lipinski definition) is 2. The minimum Gasteiger partial charge on any atom is -0.337 e. The van der Waals surface area contributed by atoms with Crippen LogP contribution in [0.4, 0.5) is 0 Å². The van der Waals surface area contributed by atoms with Crippen molar-refractivity contribution >= 4 is 5.91 Å². The first-order chi connectivity index (χ1) is 9.70. The molecular weight excluding hydrogens is 264 g/mol. The summed E-state index contributed by atoms with van der Waals surface area (Å²) in [5, 5.41) is 15.7. The molecule has 2 aliphatic rings. The summed E-state index contributed by atoms with van der Waals surface area (Å²) in [5.74, 6) is 1.29. The summed E-state index contributed by atoms with van der Waals surface area (Å²) in [6.45, 7) is 13.6. The molecular formula is C16H28N4O. The normalized spacial score (nSPS) is 30.7. The predicted octanol–water partition coefficient (Wildman–Crippen LogP) is 0.971. The maximum Gasteiger partial charge on any atom is 0.235 e. The molecule has 5 heteroatoms. The Morgan fingerprint density at radius 3 is 2.71 bits per heavy atom. The van der Waals surface area contributed by atoms with Crippen molar-refractivity contribution in [3.63, 3.8) is 0 Å². The minimum atomic E-state index is -0.793. The maximum absolute atomic E-state index is 12.4. The van der Waals surface area contributed by atoms with Crippen LogP contribution in [0.1, 0.15) is 34.6 Å². The fraction of sp³-hybridized carbons (Fsp3) is 0.875. The van der Waals surface area contributed by atoms with E-state index in [1.165, 1.54) is 0 Å². The summed E-state index contributed by atoms with van der Waals surface area (Å²) in [5.41, 5.74) is -0.759. The zero-order valence-corrected chi connectivity index (χ0v) is 13.9. The van der Waals surface area contributed by atoms with Crippen molar-refractivity contribution < 1.29 is 4.79 Å². The Morgan fingerprint density at radius 2 is 2.19 bits per heavy atom. The van der Waals surface area contributed by atoms with Crippen LogP contribution in [0.3, 0.4) is 0 Å². The van der Waals surface area contributed by atoms with Crippen molar-refractivity contribution in [1.29, 1.82) is 5.26 Å². The van der Waals surface area contributed by atoms with Crippen LogP contribution in [0.25, 0.3) is 0 Å². The molecule has 3 unspecified atom stereocenters. The molecule has 2 heterocycles. The van der Waals surface area contributed by atoms with E-state index < -0.39 is 5.54 Å². The Kier molecular flexibility index (Phi) is 4.32. The molecule has 1 amide bonds. The smallest absolute Gasteiger partial charge is 0.235 e. The first-order valence-electron chi connectivity index (χ1n) is 7.88. The Bertz CT molecular complexity index is 454. The molecule has 2 fully saturated rings. The molecule has 0 spiro atoms. The third kappa shape index (κ3) is 2.93. The van der Waals surface area contributed by atoms with Gasteiger partial charge >= 0.3 is 0 Å². The van der Waals surface area contributed by atoms with Gasteiger partial charge in [0, 0.05) is 18.6 Å². The van der Waals surface area contributed by atoms with Gasteiger partial charge in [-0.1, -0.05) is 13.8 Å². The Labute approximate surface area is 128 Å². The Balaban J connectivity index is 1.99. The maximum atomic E-state index is 12.4. The molecule has 2 N–H and O–H groups in total. The number of hydrogen-bond acceptors (Lipinski definition) is 4. The largest absolute Gasteiger partial charge is 0.337 e. The van der Waals surface area contributed by atoms with Gasteiger partial charge in [0.1, 0.15) is 5.54 Å². The third-order valence-electron chi connectivity index (χ3n) is 5.64. The summed E-state index contributed by atoms with van der Waals surface area (Å²) in [7, 11) is 0. The van der Waals surface area contributed by atoms with Crippen molar-refractivity contribution in [2.45, 2.75) is 45.7 Å². The molecule has 21 heavy (non-hydrogen) atoms. The number of nitrogens with zero attached hydrogens (tertiary/aromatic N) is 2. The molecule has 2 rings (SSSR count). The fourth-order valence-electron chi connectivity index (χ4n) is 3.58. The van der Waals surface area contributed by atoms with Crippen LogP contribution in [-0.4, -0.2) is 48.1 Å². The number of carbonyl (C=O) groups is 1. The summed E-state index contributed by atoms with van der Waals surface area (Å²) in [6.07, 6.45) is 0. The second kappa shape index (κ2) is 5.58. The van der Waals surface area contributed by atoms with Crippen LogP contribution in [0.2, 0.25) is 0 Å². The van der Waals surface area contributed by atoms with Crippen LogP contribution in [-0.2, 0) is 4.79 Å². The molecule has 0 radical (unpaired) electrons. The lowest BCUT2D eigenvalue weighted by molar-refractivity contribution is -0.124. The van der Waals surface area contributed by atoms with Gasteiger partial charge in [-0.3, -0.25) is 9.69 Å². The highest BCUT2D eigenvalue weighted by molar-refractivity contribution is 5.79. The molecule has 0 bridgehead atoms. The van der Waals surface area contributed by atoms with Crippen LogP contribution < -0.4 is 10.6 Å². The Morgan fingerprint density at radius 1 is 1.52 bits per heavy atom. The molecule has 2 saturated heterocycles. The van der Waals surface area contributed by atoms with Crippen LogP contribution in [0.5, 0.6) is 0 Å². The van der Waals surface area contributed by atoms with E-state index in [-0.39, 0.29) is 17.4 Å². The summed E-state index contributed by atoms with van der Waals surface area (Å²) in [6, 6.07) is 2.23. The molecule has 0 aromatic heterocycles. The highest BCUT2D eigenvalue weighted by Gasteiger charge is 2.49. The quantitative estimate of drug-likeness (QED) is 0.810. The van der Waals surface area contributed by atoms with Gasteiger partial charge in [0.15, 0.2) is 0 Å². The van der Waals surface area contributed by atoms with E-state index >= 15 is 0 Å². The van der Waals surface area contributed by atoms with Gasteiger partial charge in [-0.15, -0.1) is 0 Å². The van der Waals surface area contributed by atoms with E-state index in [2.05, 4.69) is 35.5 Å². The number of nitrogens with one attached hydrogen (secondary N) is 2. The van der Waals surface area contributed by atoms with Crippen molar-refractivity contribution in [2.24, 2.45) is 17.8 Å². The van der Waals surface area contributed by atoms with Crippen molar-refractivity contribution in [1.82, 2.24) is 15.5 Å². The first kappa shape index (κ1) is 16.3. The van der Waals surface area contributed by atoms with E-state index in [1.807, 2.05) is 13.8 Å². The van der Waals surface area contributed by atoms with E-state index in [4.69, 9.17) is 0 Å². The Hall–Kier alpha value is -1.12. The summed E-state index contributed by atoms with van der Waals surface area (Å²) in [4.78, 5) is 14.6. The van der Waals surface area contributed by atoms with Gasteiger partial charge < -0.3 is 10.6 Å². The monoisotopic (exact) mass is 292 g/mol. The molecule has 2 aliphatic heterocycles. The highest BCUT2D eigenvalue weighted by Crippen LogP contribution is 2.40. The SMILES string of the molecule is CC(C)C(C)(C#N)NC(=O)CN1CC2CNCC2C1(C)C.